The number of benzene rings is 1. The summed E-state index contributed by atoms with van der Waals surface area (Å²) >= 11 is 0. The van der Waals surface area contributed by atoms with Crippen LogP contribution in [0.5, 0.6) is 0 Å². The Morgan fingerprint density at radius 3 is 2.65 bits per heavy atom. The fourth-order valence-corrected chi connectivity index (χ4v) is 4.10. The number of anilines is 1. The fraction of sp³-hybridized carbons (Fsp3) is 0.500. The number of aromatic nitrogens is 2. The van der Waals surface area contributed by atoms with Crippen molar-refractivity contribution in [1.82, 2.24) is 20.5 Å². The third kappa shape index (κ3) is 5.99. The molecule has 4 N–H and O–H groups in total. The van der Waals surface area contributed by atoms with E-state index in [0.29, 0.717) is 25.0 Å². The summed E-state index contributed by atoms with van der Waals surface area (Å²) in [6.07, 6.45) is -2.04. The molecule has 11 nitrogen and oxygen atoms in total. The molecule has 2 aromatic rings. The number of amidine groups is 1. The van der Waals surface area contributed by atoms with Gasteiger partial charge in [-0.1, -0.05) is 0 Å². The minimum Gasteiger partial charge on any atom is -0.365 e. The van der Waals surface area contributed by atoms with Gasteiger partial charge < -0.3 is 5.32 Å². The highest BCUT2D eigenvalue weighted by atomic mass is 32.2. The molecule has 16 heteroatoms. The number of hydrogen-bond donors (Lipinski definition) is 4. The van der Waals surface area contributed by atoms with E-state index in [-0.39, 0.29) is 36.4 Å². The van der Waals surface area contributed by atoms with Gasteiger partial charge >= 0.3 is 16.5 Å². The number of halogens is 4. The number of hydrogen-bond acceptors (Lipinski definition) is 9. The van der Waals surface area contributed by atoms with Crippen molar-refractivity contribution in [2.45, 2.75) is 37.9 Å². The predicted molar refractivity (Wildman–Crippen MR) is 108 cm³/mol. The Bertz CT molecular complexity index is 1180. The lowest BCUT2D eigenvalue weighted by atomic mass is 10.1. The largest absolute Gasteiger partial charge is 0.419 e. The summed E-state index contributed by atoms with van der Waals surface area (Å²) in [5, 5.41) is 19.6. The molecule has 2 aliphatic carbocycles. The van der Waals surface area contributed by atoms with E-state index >= 15 is 0 Å². The van der Waals surface area contributed by atoms with Crippen LogP contribution in [0.4, 0.5) is 29.1 Å². The van der Waals surface area contributed by atoms with E-state index in [9.17, 15) is 31.2 Å². The van der Waals surface area contributed by atoms with Crippen LogP contribution in [-0.2, 0) is 20.7 Å². The molecule has 34 heavy (non-hydrogen) atoms. The molecule has 1 aromatic carbocycles. The Kier molecular flexibility index (Phi) is 6.50. The van der Waals surface area contributed by atoms with Crippen molar-refractivity contribution in [3.05, 3.63) is 35.3 Å². The van der Waals surface area contributed by atoms with Crippen molar-refractivity contribution in [2.24, 2.45) is 10.4 Å². The number of rotatable bonds is 10. The first-order valence-electron chi connectivity index (χ1n) is 10.1. The smallest absolute Gasteiger partial charge is 0.365 e. The molecule has 2 aliphatic rings. The van der Waals surface area contributed by atoms with Crippen molar-refractivity contribution in [3.63, 3.8) is 0 Å². The molecule has 1 heterocycles. The third-order valence-corrected chi connectivity index (χ3v) is 6.36. The third-order valence-electron chi connectivity index (χ3n) is 5.31. The van der Waals surface area contributed by atoms with Gasteiger partial charge in [-0.2, -0.15) is 26.3 Å². The Hall–Kier alpha value is -2.82. The summed E-state index contributed by atoms with van der Waals surface area (Å²) in [4.78, 5) is 3.83. The zero-order chi connectivity index (χ0) is 24.6. The van der Waals surface area contributed by atoms with Crippen molar-refractivity contribution in [1.29, 1.82) is 0 Å². The molecule has 0 amide bonds. The van der Waals surface area contributed by atoms with Gasteiger partial charge in [-0.3, -0.25) is 14.9 Å². The van der Waals surface area contributed by atoms with Gasteiger partial charge in [0.25, 0.3) is 0 Å². The Labute approximate surface area is 190 Å². The standard InChI is InChI=1S/C18H20F4N6O5S/c19-13-4-3-11(7-12(13)18(20,21)22)24-16(25-29)14-15(27-33-26-14)23-8-17(5-6-17)9-32-34(30,31)28-10-1-2-10/h3-4,7,10,28-29H,1-2,5-6,8-9H2,(H,23,27)(H,24,25). The molecule has 0 atom stereocenters. The van der Waals surface area contributed by atoms with Crippen molar-refractivity contribution >= 4 is 27.6 Å². The van der Waals surface area contributed by atoms with Gasteiger partial charge in [-0.05, 0) is 54.2 Å². The van der Waals surface area contributed by atoms with Crippen LogP contribution < -0.4 is 15.5 Å². The van der Waals surface area contributed by atoms with E-state index in [0.717, 1.165) is 18.9 Å². The average Bonchev–Trinajstić information content (AvgIpc) is 3.69. The number of aliphatic imine (C=N–C) groups is 1. The van der Waals surface area contributed by atoms with Crippen LogP contribution in [0, 0.1) is 11.2 Å². The maximum Gasteiger partial charge on any atom is 0.419 e. The minimum absolute atomic E-state index is 0.0105. The second-order valence-corrected chi connectivity index (χ2v) is 9.54. The molecule has 0 unspecified atom stereocenters. The Morgan fingerprint density at radius 2 is 2.03 bits per heavy atom. The fourth-order valence-electron chi connectivity index (χ4n) is 2.98. The molecular weight excluding hydrogens is 488 g/mol. The van der Waals surface area contributed by atoms with Gasteiger partial charge in [0.2, 0.25) is 5.82 Å². The van der Waals surface area contributed by atoms with Gasteiger partial charge in [0.05, 0.1) is 17.9 Å². The van der Waals surface area contributed by atoms with Gasteiger partial charge in [0.15, 0.2) is 11.5 Å². The highest BCUT2D eigenvalue weighted by molar-refractivity contribution is 7.84. The van der Waals surface area contributed by atoms with E-state index < -0.39 is 39.1 Å². The van der Waals surface area contributed by atoms with Crippen molar-refractivity contribution in [3.8, 4) is 0 Å². The molecule has 4 rings (SSSR count). The minimum atomic E-state index is -4.94. The second kappa shape index (κ2) is 9.09. The van der Waals surface area contributed by atoms with Crippen LogP contribution >= 0.6 is 0 Å². The summed E-state index contributed by atoms with van der Waals surface area (Å²) < 4.78 is 88.3. The molecular formula is C18H20F4N6O5S. The lowest BCUT2D eigenvalue weighted by Gasteiger charge is -2.16. The molecule has 186 valence electrons. The van der Waals surface area contributed by atoms with Crippen molar-refractivity contribution < 1.29 is 40.0 Å². The summed E-state index contributed by atoms with van der Waals surface area (Å²) in [5.41, 5.74) is -0.791. The summed E-state index contributed by atoms with van der Waals surface area (Å²) in [6.45, 7) is 0.137. The maximum absolute atomic E-state index is 13.5. The number of hydroxylamine groups is 1. The van der Waals surface area contributed by atoms with Crippen LogP contribution in [-0.4, -0.2) is 49.0 Å². The quantitative estimate of drug-likeness (QED) is 0.164. The van der Waals surface area contributed by atoms with Crippen LogP contribution in [0.15, 0.2) is 27.8 Å². The number of nitrogens with zero attached hydrogens (tertiary/aromatic N) is 3. The van der Waals surface area contributed by atoms with E-state index in [1.807, 2.05) is 0 Å². The van der Waals surface area contributed by atoms with Gasteiger partial charge in [0, 0.05) is 18.0 Å². The monoisotopic (exact) mass is 508 g/mol. The van der Waals surface area contributed by atoms with E-state index in [2.05, 4.69) is 30.0 Å². The first-order chi connectivity index (χ1) is 16.0. The lowest BCUT2D eigenvalue weighted by Crippen LogP contribution is -2.31. The predicted octanol–water partition coefficient (Wildman–Crippen LogP) is 2.49. The first kappa shape index (κ1) is 24.3. The SMILES string of the molecule is O=S(=O)(NC1CC1)OCC1(CNc2nonc2C(=Nc2ccc(F)c(C(F)(F)F)c2)NO)CC1. The van der Waals surface area contributed by atoms with E-state index in [1.165, 1.54) is 0 Å². The molecule has 0 saturated heterocycles. The first-order valence-corrected chi connectivity index (χ1v) is 11.5. The molecule has 1 aromatic heterocycles. The molecule has 0 aliphatic heterocycles. The summed E-state index contributed by atoms with van der Waals surface area (Å²) in [5.74, 6) is -1.90. The van der Waals surface area contributed by atoms with E-state index in [1.54, 1.807) is 5.48 Å². The molecule has 2 fully saturated rings. The van der Waals surface area contributed by atoms with Crippen LogP contribution in [0.3, 0.4) is 0 Å². The molecule has 0 bridgehead atoms. The molecule has 0 spiro atoms. The lowest BCUT2D eigenvalue weighted by molar-refractivity contribution is -0.139. The average molecular weight is 508 g/mol. The molecule has 0 radical (unpaired) electrons. The van der Waals surface area contributed by atoms with Gasteiger partial charge in [0.1, 0.15) is 5.82 Å². The number of alkyl halides is 3. The normalized spacial score (nSPS) is 18.1. The van der Waals surface area contributed by atoms with Gasteiger partial charge in [-0.25, -0.2) is 14.0 Å². The Morgan fingerprint density at radius 1 is 1.29 bits per heavy atom. The van der Waals surface area contributed by atoms with Crippen LogP contribution in [0.1, 0.15) is 36.9 Å². The van der Waals surface area contributed by atoms with Crippen LogP contribution in [0.25, 0.3) is 0 Å². The Balaban J connectivity index is 1.44. The molecule has 2 saturated carbocycles. The summed E-state index contributed by atoms with van der Waals surface area (Å²) in [6, 6.07) is 1.97. The van der Waals surface area contributed by atoms with Crippen LogP contribution in [0.2, 0.25) is 0 Å². The zero-order valence-corrected chi connectivity index (χ0v) is 18.2. The maximum atomic E-state index is 13.5. The highest BCUT2D eigenvalue weighted by Crippen LogP contribution is 2.46. The second-order valence-electron chi connectivity index (χ2n) is 8.16. The highest BCUT2D eigenvalue weighted by Gasteiger charge is 2.45. The van der Waals surface area contributed by atoms with Crippen molar-refractivity contribution in [2.75, 3.05) is 18.5 Å². The summed E-state index contributed by atoms with van der Waals surface area (Å²) in [7, 11) is -3.85. The zero-order valence-electron chi connectivity index (χ0n) is 17.4. The topological polar surface area (TPSA) is 151 Å². The van der Waals surface area contributed by atoms with E-state index in [4.69, 9.17) is 4.18 Å². The van der Waals surface area contributed by atoms with Gasteiger partial charge in [-0.15, -0.1) is 0 Å². The number of nitrogens with one attached hydrogen (secondary N) is 3.